The van der Waals surface area contributed by atoms with Gasteiger partial charge in [-0.05, 0) is 44.9 Å². The van der Waals surface area contributed by atoms with E-state index in [1.807, 2.05) is 21.1 Å². The predicted molar refractivity (Wildman–Crippen MR) is 198 cm³/mol. The molecule has 6 nitrogen and oxygen atoms in total. The van der Waals surface area contributed by atoms with Crippen molar-refractivity contribution in [2.45, 2.75) is 206 Å². The van der Waals surface area contributed by atoms with Crippen LogP contribution >= 0.6 is 7.82 Å². The number of hydrogen-bond donors (Lipinski definition) is 2. The maximum absolute atomic E-state index is 13.6. The van der Waals surface area contributed by atoms with Crippen molar-refractivity contribution in [3.05, 3.63) is 12.2 Å². The molecule has 0 saturated heterocycles. The Labute approximate surface area is 286 Å². The van der Waals surface area contributed by atoms with E-state index in [2.05, 4.69) is 26.0 Å². The molecule has 0 radical (unpaired) electrons. The molecule has 0 fully saturated rings. The third-order valence-electron chi connectivity index (χ3n) is 9.13. The Morgan fingerprint density at radius 3 is 1.30 bits per heavy atom. The van der Waals surface area contributed by atoms with Crippen molar-refractivity contribution < 1.29 is 28.2 Å². The number of hydrogen-bond acceptors (Lipinski definition) is 3. The van der Waals surface area contributed by atoms with Gasteiger partial charge in [0, 0.05) is 6.42 Å². The zero-order chi connectivity index (χ0) is 34.4. The van der Waals surface area contributed by atoms with Gasteiger partial charge < -0.3 is 14.3 Å². The molecule has 0 aliphatic heterocycles. The van der Waals surface area contributed by atoms with Crippen molar-refractivity contribution in [1.29, 1.82) is 0 Å². The van der Waals surface area contributed by atoms with E-state index in [-0.39, 0.29) is 12.3 Å². The molecule has 46 heavy (non-hydrogen) atoms. The molecule has 2 N–H and O–H groups in total. The number of rotatable bonds is 35. The number of carbonyl (C=O) groups is 1. The SMILES string of the molecule is CCCCCCCC/C=C\CCCCCCCC(=O)C(CCCCCCCCCCCCCCCC)(C[N+](C)(C)C)OP(=O)(O)O. The van der Waals surface area contributed by atoms with Crippen LogP contribution in [0.15, 0.2) is 12.2 Å². The molecule has 0 aliphatic rings. The first-order valence-electron chi connectivity index (χ1n) is 19.7. The van der Waals surface area contributed by atoms with Crippen molar-refractivity contribution in [1.82, 2.24) is 0 Å². The average molecular weight is 673 g/mol. The molecule has 1 atom stereocenters. The van der Waals surface area contributed by atoms with Crippen LogP contribution in [-0.2, 0) is 13.9 Å². The number of unbranched alkanes of at least 4 members (excludes halogenated alkanes) is 24. The van der Waals surface area contributed by atoms with E-state index in [0.717, 1.165) is 51.4 Å². The lowest BCUT2D eigenvalue weighted by atomic mass is 9.87. The summed E-state index contributed by atoms with van der Waals surface area (Å²) in [5.41, 5.74) is -1.44. The van der Waals surface area contributed by atoms with Crippen LogP contribution in [0, 0.1) is 0 Å². The number of carbonyl (C=O) groups excluding carboxylic acids is 1. The highest BCUT2D eigenvalue weighted by Gasteiger charge is 2.47. The van der Waals surface area contributed by atoms with Gasteiger partial charge >= 0.3 is 7.82 Å². The van der Waals surface area contributed by atoms with Crippen LogP contribution in [-0.4, -0.2) is 53.3 Å². The van der Waals surface area contributed by atoms with Crippen LogP contribution in [0.25, 0.3) is 0 Å². The fraction of sp³-hybridized carbons (Fsp3) is 0.923. The Morgan fingerprint density at radius 2 is 0.935 bits per heavy atom. The van der Waals surface area contributed by atoms with Gasteiger partial charge in [0.25, 0.3) is 0 Å². The second kappa shape index (κ2) is 29.4. The highest BCUT2D eigenvalue weighted by Crippen LogP contribution is 2.45. The quantitative estimate of drug-likeness (QED) is 0.0303. The first-order valence-corrected chi connectivity index (χ1v) is 21.2. The molecule has 0 heterocycles. The van der Waals surface area contributed by atoms with Crippen molar-refractivity contribution in [3.63, 3.8) is 0 Å². The van der Waals surface area contributed by atoms with Crippen LogP contribution in [0.5, 0.6) is 0 Å². The molecule has 0 aromatic heterocycles. The van der Waals surface area contributed by atoms with Crippen molar-refractivity contribution >= 4 is 13.6 Å². The van der Waals surface area contributed by atoms with Gasteiger partial charge in [0.05, 0.1) is 21.1 Å². The van der Waals surface area contributed by atoms with Gasteiger partial charge in [0.15, 0.2) is 11.4 Å². The highest BCUT2D eigenvalue weighted by molar-refractivity contribution is 7.46. The molecule has 0 amide bonds. The summed E-state index contributed by atoms with van der Waals surface area (Å²) in [5.74, 6) is -0.142. The summed E-state index contributed by atoms with van der Waals surface area (Å²) in [6, 6.07) is 0. The fourth-order valence-electron chi connectivity index (χ4n) is 6.62. The fourth-order valence-corrected chi connectivity index (χ4v) is 7.32. The molecule has 0 aromatic rings. The number of phosphoric ester groups is 1. The third kappa shape index (κ3) is 29.6. The normalized spacial score (nSPS) is 13.9. The van der Waals surface area contributed by atoms with E-state index in [4.69, 9.17) is 4.52 Å². The lowest BCUT2D eigenvalue weighted by Crippen LogP contribution is -2.55. The van der Waals surface area contributed by atoms with Crippen LogP contribution in [0.2, 0.25) is 0 Å². The van der Waals surface area contributed by atoms with Crippen molar-refractivity contribution in [2.24, 2.45) is 0 Å². The predicted octanol–water partition coefficient (Wildman–Crippen LogP) is 12.0. The van der Waals surface area contributed by atoms with E-state index in [1.54, 1.807) is 0 Å². The Bertz CT molecular complexity index is 775. The zero-order valence-electron chi connectivity index (χ0n) is 31.4. The van der Waals surface area contributed by atoms with Crippen LogP contribution in [0.4, 0.5) is 0 Å². The maximum atomic E-state index is 13.6. The minimum Gasteiger partial charge on any atom is -0.328 e. The number of allylic oxidation sites excluding steroid dienone is 2. The lowest BCUT2D eigenvalue weighted by Gasteiger charge is -2.38. The van der Waals surface area contributed by atoms with Gasteiger partial charge in [-0.3, -0.25) is 9.32 Å². The first-order chi connectivity index (χ1) is 22.0. The van der Waals surface area contributed by atoms with Gasteiger partial charge in [-0.15, -0.1) is 0 Å². The topological polar surface area (TPSA) is 83.8 Å². The van der Waals surface area contributed by atoms with E-state index in [1.165, 1.54) is 122 Å². The number of Topliss-reactive ketones (excluding diaryl/α,β-unsaturated/α-hetero) is 1. The van der Waals surface area contributed by atoms with E-state index in [0.29, 0.717) is 17.3 Å². The van der Waals surface area contributed by atoms with Gasteiger partial charge in [-0.25, -0.2) is 4.57 Å². The molecule has 0 bridgehead atoms. The largest absolute Gasteiger partial charge is 0.470 e. The Kier molecular flexibility index (Phi) is 29.1. The Hall–Kier alpha value is -0.520. The van der Waals surface area contributed by atoms with Gasteiger partial charge in [0.1, 0.15) is 6.54 Å². The zero-order valence-corrected chi connectivity index (χ0v) is 32.3. The van der Waals surface area contributed by atoms with Crippen LogP contribution in [0.1, 0.15) is 200 Å². The van der Waals surface area contributed by atoms with Crippen LogP contribution in [0.3, 0.4) is 0 Å². The molecule has 0 aromatic carbocycles. The van der Waals surface area contributed by atoms with E-state index in [9.17, 15) is 19.1 Å². The van der Waals surface area contributed by atoms with E-state index < -0.39 is 13.4 Å². The van der Waals surface area contributed by atoms with E-state index >= 15 is 0 Å². The second-order valence-electron chi connectivity index (χ2n) is 15.1. The van der Waals surface area contributed by atoms with Crippen LogP contribution < -0.4 is 0 Å². The summed E-state index contributed by atoms with van der Waals surface area (Å²) in [5, 5.41) is 0. The monoisotopic (exact) mass is 673 g/mol. The molecule has 0 aliphatic carbocycles. The van der Waals surface area contributed by atoms with Crippen molar-refractivity contribution in [3.8, 4) is 0 Å². The van der Waals surface area contributed by atoms with Crippen molar-refractivity contribution in [2.75, 3.05) is 27.7 Å². The standard InChI is InChI=1S/C39H78NO5P/c1-6-8-10-12-14-16-18-20-22-23-25-27-29-31-33-35-38(41)39(37-40(3,4)5,45-46(42,43)44)36-34-32-30-28-26-24-21-19-17-15-13-11-9-7-2/h20,22H,6-19,21,23-37H2,1-5H3,(H-,42,43,44)/p+1/b22-20-. The minimum absolute atomic E-state index is 0.142. The average Bonchev–Trinajstić information content (AvgIpc) is 2.97. The highest BCUT2D eigenvalue weighted by atomic mass is 31.2. The summed E-state index contributed by atoms with van der Waals surface area (Å²) in [7, 11) is 1.04. The molecule has 274 valence electrons. The summed E-state index contributed by atoms with van der Waals surface area (Å²) in [6.45, 7) is 4.78. The van der Waals surface area contributed by atoms with Gasteiger partial charge in [0.2, 0.25) is 0 Å². The summed E-state index contributed by atoms with van der Waals surface area (Å²) in [6.07, 6.45) is 38.2. The maximum Gasteiger partial charge on any atom is 0.470 e. The summed E-state index contributed by atoms with van der Waals surface area (Å²) in [4.78, 5) is 33.3. The smallest absolute Gasteiger partial charge is 0.328 e. The molecular weight excluding hydrogens is 593 g/mol. The molecular formula is C39H79NO5P+. The van der Waals surface area contributed by atoms with Gasteiger partial charge in [-0.1, -0.05) is 161 Å². The molecule has 0 spiro atoms. The molecule has 1 unspecified atom stereocenters. The molecule has 0 rings (SSSR count). The second-order valence-corrected chi connectivity index (χ2v) is 16.3. The summed E-state index contributed by atoms with van der Waals surface area (Å²) >= 11 is 0. The minimum atomic E-state index is -4.83. The third-order valence-corrected chi connectivity index (χ3v) is 9.72. The molecule has 7 heteroatoms. The number of phosphoric acid groups is 1. The number of quaternary nitrogens is 1. The summed E-state index contributed by atoms with van der Waals surface area (Å²) < 4.78 is 18.0. The Balaban J connectivity index is 4.47. The lowest BCUT2D eigenvalue weighted by molar-refractivity contribution is -0.875. The number of nitrogens with zero attached hydrogens (tertiary/aromatic N) is 1. The Morgan fingerprint density at radius 1 is 0.587 bits per heavy atom. The number of ketones is 1. The van der Waals surface area contributed by atoms with Gasteiger partial charge in [-0.2, -0.15) is 0 Å². The first kappa shape index (κ1) is 45.5. The molecule has 0 saturated carbocycles. The number of likely N-dealkylation sites (N-methyl/N-ethyl adjacent to an activating group) is 1.